The van der Waals surface area contributed by atoms with Gasteiger partial charge in [-0.05, 0) is 133 Å². The molecule has 18 N–H and O–H groups in total. The molecular weight excluding hydrogens is 1830 g/mol. The van der Waals surface area contributed by atoms with Crippen LogP contribution in [0.25, 0.3) is 43.1 Å². The summed E-state index contributed by atoms with van der Waals surface area (Å²) in [5.41, 5.74) is -10.1. The molecule has 0 heterocycles. The predicted octanol–water partition coefficient (Wildman–Crippen LogP) is 3.53. The fourth-order valence-electron chi connectivity index (χ4n) is 11.3. The molecule has 0 fully saturated rings. The van der Waals surface area contributed by atoms with E-state index in [0.29, 0.717) is 84.9 Å². The SMILES string of the molecule is O=C(Nc1cc(C(=O)Nc2ccc(S(=O)(=O)O)c3cc(S(=O)(=O)O)cc(S(=O)(=O)O)c23)cc(C(=O)Nc2ccc(S(=O)(=O)O)c3cc(S(=O)(=O)O)cc(S(=O)(=O)O)c23)c1)Nc1cc(C(=O)Nc2ccc(S(=O)(=O)O)c3cc(S(=O)(=O)O)cc(S(=O)(=O)O)c23)cc(C(=O)Nc2ccc(S(=O)(=O)O)c3cc(S(=O)(=O)O)cc(S(=O)(=O)O)c23)c1.[Na]. The van der Waals surface area contributed by atoms with Crippen LogP contribution in [0.4, 0.5) is 38.9 Å². The van der Waals surface area contributed by atoms with Crippen molar-refractivity contribution < 1.29 is 180 Å². The largest absolute Gasteiger partial charge is 0.323 e. The van der Waals surface area contributed by atoms with E-state index in [1.807, 2.05) is 31.9 Å². The zero-order chi connectivity index (χ0) is 87.0. The van der Waals surface area contributed by atoms with Crippen LogP contribution in [0.15, 0.2) is 192 Å². The molecule has 60 heteroatoms. The van der Waals surface area contributed by atoms with Crippen molar-refractivity contribution in [1.29, 1.82) is 0 Å². The van der Waals surface area contributed by atoms with Crippen molar-refractivity contribution in [3.63, 3.8) is 0 Å². The molecule has 0 saturated heterocycles. The fraction of sp³-hybridized carbons (Fsp3) is 0. The van der Waals surface area contributed by atoms with Gasteiger partial charge in [0.2, 0.25) is 0 Å². The Balaban J connectivity index is 0.0000156. The van der Waals surface area contributed by atoms with E-state index in [4.69, 9.17) is 0 Å². The van der Waals surface area contributed by atoms with Gasteiger partial charge in [0.1, 0.15) is 39.2 Å². The second-order valence-electron chi connectivity index (χ2n) is 23.5. The maximum Gasteiger partial charge on any atom is 0.323 e. The minimum atomic E-state index is -5.89. The molecule has 0 aliphatic rings. The van der Waals surface area contributed by atoms with Crippen LogP contribution in [0, 0.1) is 0 Å². The van der Waals surface area contributed by atoms with Crippen LogP contribution in [0.3, 0.4) is 0 Å². The zero-order valence-electron chi connectivity index (χ0n) is 56.3. The molecule has 0 unspecified atom stereocenters. The summed E-state index contributed by atoms with van der Waals surface area (Å²) in [6.07, 6.45) is 0. The van der Waals surface area contributed by atoms with Crippen molar-refractivity contribution in [2.75, 3.05) is 31.9 Å². The number of carbonyl (C=O) groups is 5. The van der Waals surface area contributed by atoms with Crippen molar-refractivity contribution in [1.82, 2.24) is 0 Å². The monoisotopic (exact) mass is 1870 g/mol. The van der Waals surface area contributed by atoms with Gasteiger partial charge in [0.25, 0.3) is 145 Å². The molecular formula is C57H40N6NaO41S12. The van der Waals surface area contributed by atoms with Crippen LogP contribution >= 0.6 is 0 Å². The van der Waals surface area contributed by atoms with E-state index in [0.717, 1.165) is 0 Å². The number of urea groups is 1. The minimum absolute atomic E-state index is 0. The molecule has 6 amide bonds. The Hall–Kier alpha value is -9.69. The number of benzene rings is 10. The van der Waals surface area contributed by atoms with E-state index in [9.17, 15) is 180 Å². The molecule has 47 nitrogen and oxygen atoms in total. The van der Waals surface area contributed by atoms with E-state index in [-0.39, 0.29) is 78.1 Å². The third kappa shape index (κ3) is 19.7. The van der Waals surface area contributed by atoms with Crippen LogP contribution in [-0.4, -0.2) is 215 Å². The molecule has 0 spiro atoms. The summed E-state index contributed by atoms with van der Waals surface area (Å²) in [6.45, 7) is 0. The first-order valence-corrected chi connectivity index (χ1v) is 46.7. The van der Waals surface area contributed by atoms with Gasteiger partial charge >= 0.3 is 6.03 Å². The molecule has 0 saturated carbocycles. The molecule has 0 aliphatic heterocycles. The first-order valence-electron chi connectivity index (χ1n) is 29.4. The Morgan fingerprint density at radius 2 is 0.376 bits per heavy atom. The van der Waals surface area contributed by atoms with Gasteiger partial charge in [0.15, 0.2) is 0 Å². The summed E-state index contributed by atoms with van der Waals surface area (Å²) in [6, 6.07) is 5.84. The number of carbonyl (C=O) groups excluding carboxylic acids is 5. The van der Waals surface area contributed by atoms with E-state index in [2.05, 4.69) is 0 Å². The molecule has 617 valence electrons. The summed E-state index contributed by atoms with van der Waals surface area (Å²) in [5.74, 6) is -6.84. The Bertz CT molecular complexity index is 6840. The van der Waals surface area contributed by atoms with Crippen LogP contribution in [-0.2, 0) is 121 Å². The van der Waals surface area contributed by atoms with Crippen molar-refractivity contribution >= 4 is 258 Å². The number of fused-ring (bicyclic) bond motifs is 4. The average molecular weight is 1870 g/mol. The predicted molar refractivity (Wildman–Crippen MR) is 397 cm³/mol. The Morgan fingerprint density at radius 3 is 0.530 bits per heavy atom. The van der Waals surface area contributed by atoms with E-state index in [1.54, 1.807) is 0 Å². The van der Waals surface area contributed by atoms with E-state index >= 15 is 0 Å². The molecule has 10 rings (SSSR count). The van der Waals surface area contributed by atoms with Crippen molar-refractivity contribution in [3.8, 4) is 0 Å². The maximum atomic E-state index is 14.7. The Kier molecular flexibility index (Phi) is 24.1. The van der Waals surface area contributed by atoms with Gasteiger partial charge in [-0.2, -0.15) is 101 Å². The van der Waals surface area contributed by atoms with Crippen LogP contribution in [0.2, 0.25) is 0 Å². The molecule has 0 aromatic heterocycles. The summed E-state index contributed by atoms with van der Waals surface area (Å²) in [4.78, 5) is 55.3. The van der Waals surface area contributed by atoms with Gasteiger partial charge in [0.05, 0.1) is 42.3 Å². The van der Waals surface area contributed by atoms with Crippen LogP contribution in [0.5, 0.6) is 0 Å². The van der Waals surface area contributed by atoms with Crippen molar-refractivity contribution in [2.24, 2.45) is 0 Å². The van der Waals surface area contributed by atoms with Gasteiger partial charge in [-0.15, -0.1) is 0 Å². The van der Waals surface area contributed by atoms with Gasteiger partial charge in [-0.3, -0.25) is 73.8 Å². The number of anilines is 6. The molecule has 0 aliphatic carbocycles. The zero-order valence-corrected chi connectivity index (χ0v) is 68.1. The molecule has 10 aromatic rings. The minimum Gasteiger partial charge on any atom is -0.321 e. The number of hydrogen-bond acceptors (Lipinski definition) is 29. The normalized spacial score (nSPS) is 13.0. The number of nitrogens with one attached hydrogen (secondary N) is 6. The number of amides is 6. The van der Waals surface area contributed by atoms with E-state index in [1.165, 1.54) is 0 Å². The van der Waals surface area contributed by atoms with Crippen LogP contribution in [0.1, 0.15) is 41.4 Å². The molecule has 0 bridgehead atoms. The molecule has 10 aromatic carbocycles. The standard InChI is InChI=1S/C57H40N6O41S12.Na/c64-53(60-37-1-5-41(109(81,82)83)33-15-29(105(69,70)71)19-45(49(33)37)113(93,94)95)23-9-24(54(65)61-38-2-6-42(110(84,85)86)34-16-30(106(72,73)74)20-46(50(34)38)114(96,97)98)12-27(11-23)58-57(68)59-28-13-25(55(66)62-39-3-7-43(111(87,88)89)35-17-31(107(75,76)77)21-47(51(35)39)115(99,100)101)10-26(14-28)56(67)63-40-4-8-44(112(90,91)92)36-18-32(108(78,79)80)22-48(52(36)40)116(102,103)104;/h1-22H,(H,60,64)(H,61,65)(H,62,66)(H,63,67)(H2,58,59,68)(H,69,70,71)(H,72,73,74)(H,75,76,77)(H,78,79,80)(H,81,82,83)(H,84,85,86)(H,87,88,89)(H,90,91,92)(H,93,94,95)(H,96,97,98)(H,99,100,101)(H,102,103,104);. The summed E-state index contributed by atoms with van der Waals surface area (Å²) in [7, 11) is -68.5. The van der Waals surface area contributed by atoms with Gasteiger partial charge in [-0.1, -0.05) is 0 Å². The Labute approximate surface area is 677 Å². The van der Waals surface area contributed by atoms with Crippen LogP contribution < -0.4 is 31.9 Å². The smallest absolute Gasteiger partial charge is 0.321 e. The molecule has 1 radical (unpaired) electrons. The summed E-state index contributed by atoms with van der Waals surface area (Å²) in [5, 5.41) is 2.44. The maximum absolute atomic E-state index is 14.7. The van der Waals surface area contributed by atoms with Crippen molar-refractivity contribution in [3.05, 3.63) is 156 Å². The Morgan fingerprint density at radius 1 is 0.205 bits per heavy atom. The third-order valence-corrected chi connectivity index (χ3v) is 26.4. The number of hydrogen-bond donors (Lipinski definition) is 18. The number of rotatable bonds is 22. The average Bonchev–Trinajstić information content (AvgIpc) is 0.754. The first-order chi connectivity index (χ1) is 52.6. The van der Waals surface area contributed by atoms with Crippen molar-refractivity contribution in [2.45, 2.75) is 58.7 Å². The van der Waals surface area contributed by atoms with E-state index < -0.39 is 309 Å². The van der Waals surface area contributed by atoms with Gasteiger partial charge in [-0.25, -0.2) is 4.79 Å². The molecule has 0 atom stereocenters. The molecule has 117 heavy (non-hydrogen) atoms. The quantitative estimate of drug-likeness (QED) is 0.0341. The third-order valence-electron chi connectivity index (χ3n) is 15.9. The van der Waals surface area contributed by atoms with Gasteiger partial charge in [0, 0.05) is 106 Å². The second kappa shape index (κ2) is 30.9. The fourth-order valence-corrected chi connectivity index (χ4v) is 19.5. The van der Waals surface area contributed by atoms with Gasteiger partial charge < -0.3 is 31.9 Å². The topological polar surface area (TPSA) is 810 Å². The first kappa shape index (κ1) is 91.2. The summed E-state index contributed by atoms with van der Waals surface area (Å²) < 4.78 is 425. The summed E-state index contributed by atoms with van der Waals surface area (Å²) >= 11 is 0. The second-order valence-corrected chi connectivity index (χ2v) is 40.3.